The van der Waals surface area contributed by atoms with Crippen LogP contribution >= 0.6 is 11.6 Å². The molecule has 0 aliphatic carbocycles. The summed E-state index contributed by atoms with van der Waals surface area (Å²) < 4.78 is 5.67. The average Bonchev–Trinajstić information content (AvgIpc) is 3.25. The van der Waals surface area contributed by atoms with Gasteiger partial charge < -0.3 is 9.64 Å². The van der Waals surface area contributed by atoms with Gasteiger partial charge in [-0.1, -0.05) is 30.7 Å². The zero-order valence-electron chi connectivity index (χ0n) is 15.6. The summed E-state index contributed by atoms with van der Waals surface area (Å²) >= 11 is 6.02. The van der Waals surface area contributed by atoms with Crippen molar-refractivity contribution >= 4 is 29.0 Å². The van der Waals surface area contributed by atoms with Crippen molar-refractivity contribution in [3.63, 3.8) is 0 Å². The largest absolute Gasteiger partial charge is 0.376 e. The minimum Gasteiger partial charge on any atom is -0.376 e. The molecule has 0 radical (unpaired) electrons. The molecule has 2 saturated heterocycles. The van der Waals surface area contributed by atoms with Crippen LogP contribution in [0.2, 0.25) is 5.02 Å². The Bertz CT molecular complexity index is 768. The Morgan fingerprint density at radius 2 is 1.89 bits per heavy atom. The molecule has 4 rings (SSSR count). The van der Waals surface area contributed by atoms with Gasteiger partial charge in [0.15, 0.2) is 0 Å². The third-order valence-electron chi connectivity index (χ3n) is 5.66. The summed E-state index contributed by atoms with van der Waals surface area (Å²) in [5, 5.41) is 0.612. The third-order valence-corrected chi connectivity index (χ3v) is 5.91. The van der Waals surface area contributed by atoms with E-state index in [2.05, 4.69) is 11.8 Å². The van der Waals surface area contributed by atoms with Gasteiger partial charge in [-0.15, -0.1) is 0 Å². The highest BCUT2D eigenvalue weighted by Crippen LogP contribution is 2.35. The lowest BCUT2D eigenvalue weighted by atomic mass is 9.98. The Kier molecular flexibility index (Phi) is 5.24. The van der Waals surface area contributed by atoms with Crippen molar-refractivity contribution in [1.29, 1.82) is 0 Å². The zero-order chi connectivity index (χ0) is 19.0. The van der Waals surface area contributed by atoms with E-state index in [0.29, 0.717) is 35.4 Å². The molecule has 3 heterocycles. The van der Waals surface area contributed by atoms with E-state index in [0.717, 1.165) is 44.3 Å². The molecule has 0 saturated carbocycles. The van der Waals surface area contributed by atoms with Crippen LogP contribution < -0.4 is 0 Å². The number of hydrogen-bond donors (Lipinski definition) is 0. The van der Waals surface area contributed by atoms with Gasteiger partial charge in [-0.3, -0.25) is 14.5 Å². The average molecular weight is 389 g/mol. The van der Waals surface area contributed by atoms with Crippen molar-refractivity contribution in [2.24, 2.45) is 5.92 Å². The van der Waals surface area contributed by atoms with Crippen molar-refractivity contribution in [2.45, 2.75) is 38.7 Å². The first-order chi connectivity index (χ1) is 13.0. The quantitative estimate of drug-likeness (QED) is 0.742. The van der Waals surface area contributed by atoms with Gasteiger partial charge in [-0.2, -0.15) is 0 Å². The molecule has 6 heteroatoms. The number of likely N-dealkylation sites (tertiary alicyclic amines) is 1. The number of halogens is 1. The van der Waals surface area contributed by atoms with Crippen LogP contribution in [0.15, 0.2) is 30.0 Å². The summed E-state index contributed by atoms with van der Waals surface area (Å²) in [5.41, 5.74) is 1.80. The number of rotatable bonds is 4. The van der Waals surface area contributed by atoms with E-state index in [1.807, 2.05) is 12.1 Å². The van der Waals surface area contributed by atoms with Crippen LogP contribution in [-0.2, 0) is 14.3 Å². The fourth-order valence-corrected chi connectivity index (χ4v) is 4.41. The summed E-state index contributed by atoms with van der Waals surface area (Å²) in [6.45, 7) is 4.85. The minimum atomic E-state index is -0.217. The van der Waals surface area contributed by atoms with Crippen molar-refractivity contribution in [3.05, 3.63) is 40.5 Å². The number of imide groups is 1. The molecule has 0 spiro atoms. The Morgan fingerprint density at radius 3 is 2.56 bits per heavy atom. The molecule has 3 aliphatic heterocycles. The van der Waals surface area contributed by atoms with Crippen LogP contribution in [-0.4, -0.2) is 54.0 Å². The van der Waals surface area contributed by atoms with Crippen molar-refractivity contribution in [2.75, 3.05) is 26.2 Å². The maximum atomic E-state index is 13.3. The number of hydrogen-bond acceptors (Lipinski definition) is 4. The highest BCUT2D eigenvalue weighted by Gasteiger charge is 2.43. The normalized spacial score (nSPS) is 26.4. The van der Waals surface area contributed by atoms with E-state index < -0.39 is 0 Å². The van der Waals surface area contributed by atoms with Crippen molar-refractivity contribution in [1.82, 2.24) is 9.80 Å². The van der Waals surface area contributed by atoms with E-state index in [9.17, 15) is 9.59 Å². The summed E-state index contributed by atoms with van der Waals surface area (Å²) in [4.78, 5) is 30.0. The lowest BCUT2D eigenvalue weighted by Gasteiger charge is -2.33. The Balaban J connectivity index is 1.70. The number of amides is 2. The Labute approximate surface area is 164 Å². The predicted octanol–water partition coefficient (Wildman–Crippen LogP) is 3.33. The SMILES string of the molecule is CC1CCCN(C2=C(c3ccc(Cl)cc3)C(=O)N(CC3CCCO3)C2=O)C1. The number of piperidine rings is 1. The molecular weight excluding hydrogens is 364 g/mol. The third kappa shape index (κ3) is 3.63. The fraction of sp³-hybridized carbons (Fsp3) is 0.524. The lowest BCUT2D eigenvalue weighted by Crippen LogP contribution is -2.41. The first-order valence-electron chi connectivity index (χ1n) is 9.77. The van der Waals surface area contributed by atoms with Crippen molar-refractivity contribution < 1.29 is 14.3 Å². The van der Waals surface area contributed by atoms with Gasteiger partial charge in [0.25, 0.3) is 11.8 Å². The van der Waals surface area contributed by atoms with Crippen LogP contribution in [0, 0.1) is 5.92 Å². The molecule has 1 aromatic rings. The Hall–Kier alpha value is -1.85. The maximum absolute atomic E-state index is 13.3. The number of carbonyl (C=O) groups is 2. The van der Waals surface area contributed by atoms with Gasteiger partial charge in [0.05, 0.1) is 18.2 Å². The Morgan fingerprint density at radius 1 is 1.11 bits per heavy atom. The first-order valence-corrected chi connectivity index (χ1v) is 10.2. The lowest BCUT2D eigenvalue weighted by molar-refractivity contribution is -0.139. The standard InChI is InChI=1S/C21H25ClN2O3/c1-14-4-2-10-23(12-14)19-18(15-6-8-16(22)9-7-15)20(25)24(21(19)26)13-17-5-3-11-27-17/h6-9,14,17H,2-5,10-13H2,1H3. The highest BCUT2D eigenvalue weighted by atomic mass is 35.5. The van der Waals surface area contributed by atoms with E-state index in [-0.39, 0.29) is 17.9 Å². The number of benzene rings is 1. The van der Waals surface area contributed by atoms with Crippen LogP contribution in [0.5, 0.6) is 0 Å². The van der Waals surface area contributed by atoms with Gasteiger partial charge in [0.2, 0.25) is 0 Å². The smallest absolute Gasteiger partial charge is 0.277 e. The van der Waals surface area contributed by atoms with Gasteiger partial charge >= 0.3 is 0 Å². The van der Waals surface area contributed by atoms with E-state index in [1.54, 1.807) is 12.1 Å². The van der Waals surface area contributed by atoms with Gasteiger partial charge in [0.1, 0.15) is 5.70 Å². The molecule has 2 fully saturated rings. The molecule has 144 valence electrons. The molecule has 1 aromatic carbocycles. The van der Waals surface area contributed by atoms with Gasteiger partial charge in [0, 0.05) is 24.7 Å². The van der Waals surface area contributed by atoms with Crippen LogP contribution in [0.4, 0.5) is 0 Å². The molecule has 0 N–H and O–H groups in total. The van der Waals surface area contributed by atoms with Gasteiger partial charge in [-0.05, 0) is 49.3 Å². The topological polar surface area (TPSA) is 49.9 Å². The fourth-order valence-electron chi connectivity index (χ4n) is 4.28. The summed E-state index contributed by atoms with van der Waals surface area (Å²) in [7, 11) is 0. The minimum absolute atomic E-state index is 0.0519. The molecule has 3 aliphatic rings. The van der Waals surface area contributed by atoms with E-state index in [1.165, 1.54) is 4.90 Å². The molecule has 2 amide bonds. The van der Waals surface area contributed by atoms with E-state index in [4.69, 9.17) is 16.3 Å². The summed E-state index contributed by atoms with van der Waals surface area (Å²) in [5.74, 6) is 0.105. The number of carbonyl (C=O) groups excluding carboxylic acids is 2. The number of nitrogens with zero attached hydrogens (tertiary/aromatic N) is 2. The monoisotopic (exact) mass is 388 g/mol. The molecular formula is C21H25ClN2O3. The molecule has 5 nitrogen and oxygen atoms in total. The summed E-state index contributed by atoms with van der Waals surface area (Å²) in [6, 6.07) is 7.18. The van der Waals surface area contributed by atoms with Crippen LogP contribution in [0.1, 0.15) is 38.2 Å². The second kappa shape index (κ2) is 7.64. The maximum Gasteiger partial charge on any atom is 0.277 e. The van der Waals surface area contributed by atoms with Crippen LogP contribution in [0.25, 0.3) is 5.57 Å². The molecule has 2 atom stereocenters. The molecule has 0 bridgehead atoms. The molecule has 0 aromatic heterocycles. The second-order valence-corrected chi connectivity index (χ2v) is 8.22. The second-order valence-electron chi connectivity index (χ2n) is 7.78. The van der Waals surface area contributed by atoms with Crippen molar-refractivity contribution in [3.8, 4) is 0 Å². The molecule has 27 heavy (non-hydrogen) atoms. The molecule has 2 unspecified atom stereocenters. The summed E-state index contributed by atoms with van der Waals surface area (Å²) in [6.07, 6.45) is 4.01. The predicted molar refractivity (Wildman–Crippen MR) is 104 cm³/mol. The highest BCUT2D eigenvalue weighted by molar-refractivity contribution is 6.36. The van der Waals surface area contributed by atoms with Crippen LogP contribution in [0.3, 0.4) is 0 Å². The number of ether oxygens (including phenoxy) is 1. The first kappa shape index (κ1) is 18.5. The van der Waals surface area contributed by atoms with E-state index >= 15 is 0 Å². The van der Waals surface area contributed by atoms with Gasteiger partial charge in [-0.25, -0.2) is 0 Å². The zero-order valence-corrected chi connectivity index (χ0v) is 16.4.